The molecule has 122 valence electrons. The average Bonchev–Trinajstić information content (AvgIpc) is 2.44. The van der Waals surface area contributed by atoms with Crippen LogP contribution < -0.4 is 15.0 Å². The molecule has 0 bridgehead atoms. The van der Waals surface area contributed by atoms with Crippen LogP contribution in [0.5, 0.6) is 11.5 Å². The number of halogens is 4. The van der Waals surface area contributed by atoms with Gasteiger partial charge in [0, 0.05) is 24.8 Å². The number of hydrogen-bond donors (Lipinski definition) is 1. The fraction of sp³-hybridized carbons (Fsp3) is 0.286. The molecule has 0 fully saturated rings. The predicted octanol–water partition coefficient (Wildman–Crippen LogP) is 5.12. The lowest BCUT2D eigenvalue weighted by molar-refractivity contribution is 0.0622. The van der Waals surface area contributed by atoms with Crippen molar-refractivity contribution < 1.29 is 14.3 Å². The second-order valence-electron chi connectivity index (χ2n) is 3.89. The Bertz CT molecular complexity index is 496. The maximum absolute atomic E-state index is 6.12. The van der Waals surface area contributed by atoms with Gasteiger partial charge in [-0.15, -0.1) is 0 Å². The Morgan fingerprint density at radius 3 is 2.41 bits per heavy atom. The summed E-state index contributed by atoms with van der Waals surface area (Å²) >= 11 is 23.2. The zero-order chi connectivity index (χ0) is 16.4. The van der Waals surface area contributed by atoms with E-state index in [9.17, 15) is 0 Å². The lowest BCUT2D eigenvalue weighted by atomic mass is 10.3. The molecule has 22 heavy (non-hydrogen) atoms. The second-order valence-corrected chi connectivity index (χ2v) is 5.72. The van der Waals surface area contributed by atoms with Gasteiger partial charge in [-0.1, -0.05) is 53.0 Å². The zero-order valence-corrected chi connectivity index (χ0v) is 14.6. The molecule has 0 aliphatic rings. The summed E-state index contributed by atoms with van der Waals surface area (Å²) in [6.45, 7) is 4.54. The van der Waals surface area contributed by atoms with Gasteiger partial charge in [0.05, 0.1) is 23.3 Å². The van der Waals surface area contributed by atoms with Crippen LogP contribution in [-0.2, 0) is 4.84 Å². The predicted molar refractivity (Wildman–Crippen MR) is 91.1 cm³/mol. The average molecular weight is 387 g/mol. The first-order chi connectivity index (χ1) is 10.5. The number of hydroxylamine groups is 1. The van der Waals surface area contributed by atoms with Crippen molar-refractivity contribution in [2.75, 3.05) is 19.8 Å². The minimum Gasteiger partial charge on any atom is -0.490 e. The lowest BCUT2D eigenvalue weighted by Crippen LogP contribution is -2.10. The quantitative estimate of drug-likeness (QED) is 0.447. The summed E-state index contributed by atoms with van der Waals surface area (Å²) in [5.74, 6) is 0.894. The van der Waals surface area contributed by atoms with Crippen LogP contribution in [0, 0.1) is 0 Å². The summed E-state index contributed by atoms with van der Waals surface area (Å²) in [5, 5.41) is 0.710. The molecule has 8 heteroatoms. The summed E-state index contributed by atoms with van der Waals surface area (Å²) in [6, 6.07) is 3.21. The molecule has 0 atom stereocenters. The van der Waals surface area contributed by atoms with Crippen LogP contribution >= 0.6 is 46.4 Å². The van der Waals surface area contributed by atoms with E-state index in [-0.39, 0.29) is 11.1 Å². The molecule has 1 N–H and O–H groups in total. The Kier molecular flexibility index (Phi) is 9.52. The van der Waals surface area contributed by atoms with Crippen molar-refractivity contribution in [3.63, 3.8) is 0 Å². The summed E-state index contributed by atoms with van der Waals surface area (Å²) < 4.78 is 11.1. The largest absolute Gasteiger partial charge is 0.490 e. The number of nitrogens with one attached hydrogen (secondary N) is 1. The third-order valence-electron chi connectivity index (χ3n) is 2.26. The van der Waals surface area contributed by atoms with Crippen molar-refractivity contribution in [2.45, 2.75) is 6.42 Å². The first kappa shape index (κ1) is 19.3. The molecule has 4 nitrogen and oxygen atoms in total. The van der Waals surface area contributed by atoms with Gasteiger partial charge in [-0.25, -0.2) is 0 Å². The minimum atomic E-state index is 0.130. The Labute approximate surface area is 149 Å². The van der Waals surface area contributed by atoms with Crippen LogP contribution in [0.4, 0.5) is 0 Å². The third-order valence-corrected chi connectivity index (χ3v) is 3.13. The fourth-order valence-corrected chi connectivity index (χ4v) is 2.08. The van der Waals surface area contributed by atoms with Crippen LogP contribution in [0.25, 0.3) is 0 Å². The highest BCUT2D eigenvalue weighted by atomic mass is 35.5. The highest BCUT2D eigenvalue weighted by Gasteiger charge is 2.10. The molecular formula is C14H15Cl4NO3. The third kappa shape index (κ3) is 7.47. The van der Waals surface area contributed by atoms with E-state index >= 15 is 0 Å². The van der Waals surface area contributed by atoms with Gasteiger partial charge >= 0.3 is 0 Å². The zero-order valence-electron chi connectivity index (χ0n) is 11.6. The SMILES string of the molecule is C=CNOCCCOc1c(Cl)cc(OCC=C(Cl)Cl)cc1Cl. The minimum absolute atomic E-state index is 0.130. The van der Waals surface area contributed by atoms with Gasteiger partial charge in [-0.3, -0.25) is 10.3 Å². The molecule has 0 amide bonds. The number of rotatable bonds is 10. The number of hydrogen-bond acceptors (Lipinski definition) is 4. The standard InChI is InChI=1S/C14H15Cl4NO3/c1-2-19-22-6-3-5-21-14-11(15)8-10(9-12(14)16)20-7-4-13(17)18/h2,4,8-9,19H,1,3,5-7H2. The van der Waals surface area contributed by atoms with Crippen LogP contribution in [0.2, 0.25) is 10.0 Å². The van der Waals surface area contributed by atoms with Crippen molar-refractivity contribution >= 4 is 46.4 Å². The summed E-state index contributed by atoms with van der Waals surface area (Å²) in [5.41, 5.74) is 2.52. The van der Waals surface area contributed by atoms with Crippen LogP contribution in [-0.4, -0.2) is 19.8 Å². The maximum atomic E-state index is 6.12. The molecule has 0 aromatic heterocycles. The van der Waals surface area contributed by atoms with Gasteiger partial charge < -0.3 is 9.47 Å². The van der Waals surface area contributed by atoms with E-state index in [4.69, 9.17) is 60.7 Å². The Morgan fingerprint density at radius 1 is 1.14 bits per heavy atom. The molecule has 0 heterocycles. The molecule has 1 aromatic rings. The summed E-state index contributed by atoms with van der Waals surface area (Å²) in [7, 11) is 0. The van der Waals surface area contributed by atoms with Crippen molar-refractivity contribution in [1.29, 1.82) is 0 Å². The van der Waals surface area contributed by atoms with E-state index in [0.29, 0.717) is 41.2 Å². The van der Waals surface area contributed by atoms with E-state index in [0.717, 1.165) is 0 Å². The first-order valence-corrected chi connectivity index (χ1v) is 7.79. The van der Waals surface area contributed by atoms with Crippen LogP contribution in [0.15, 0.2) is 35.5 Å². The molecule has 1 aromatic carbocycles. The highest BCUT2D eigenvalue weighted by molar-refractivity contribution is 6.55. The van der Waals surface area contributed by atoms with Gasteiger partial charge in [0.1, 0.15) is 16.8 Å². The van der Waals surface area contributed by atoms with Crippen molar-refractivity contribution in [1.82, 2.24) is 5.48 Å². The van der Waals surface area contributed by atoms with E-state index in [2.05, 4.69) is 12.1 Å². The molecule has 0 unspecified atom stereocenters. The molecule has 0 saturated carbocycles. The Hall–Kier alpha value is -0.780. The van der Waals surface area contributed by atoms with E-state index < -0.39 is 0 Å². The number of ether oxygens (including phenoxy) is 2. The van der Waals surface area contributed by atoms with Gasteiger partial charge in [0.2, 0.25) is 0 Å². The molecule has 0 saturated heterocycles. The van der Waals surface area contributed by atoms with Gasteiger partial charge in [-0.2, -0.15) is 0 Å². The van der Waals surface area contributed by atoms with Crippen molar-refractivity contribution in [2.24, 2.45) is 0 Å². The Balaban J connectivity index is 2.51. The van der Waals surface area contributed by atoms with Gasteiger partial charge in [0.15, 0.2) is 5.75 Å². The lowest BCUT2D eigenvalue weighted by Gasteiger charge is -2.12. The maximum Gasteiger partial charge on any atom is 0.156 e. The summed E-state index contributed by atoms with van der Waals surface area (Å²) in [6.07, 6.45) is 3.61. The van der Waals surface area contributed by atoms with Gasteiger partial charge in [-0.05, 0) is 6.08 Å². The molecule has 0 aliphatic heterocycles. The van der Waals surface area contributed by atoms with Crippen LogP contribution in [0.1, 0.15) is 6.42 Å². The normalized spacial score (nSPS) is 10.0. The molecule has 0 spiro atoms. The topological polar surface area (TPSA) is 39.7 Å². The molecule has 0 aliphatic carbocycles. The number of benzene rings is 1. The monoisotopic (exact) mass is 385 g/mol. The van der Waals surface area contributed by atoms with Crippen molar-refractivity contribution in [3.05, 3.63) is 45.5 Å². The van der Waals surface area contributed by atoms with E-state index in [1.165, 1.54) is 12.3 Å². The van der Waals surface area contributed by atoms with E-state index in [1.807, 2.05) is 0 Å². The van der Waals surface area contributed by atoms with Gasteiger partial charge in [0.25, 0.3) is 0 Å². The fourth-order valence-electron chi connectivity index (χ4n) is 1.38. The first-order valence-electron chi connectivity index (χ1n) is 6.28. The Morgan fingerprint density at radius 2 is 1.82 bits per heavy atom. The molecule has 1 rings (SSSR count). The second kappa shape index (κ2) is 10.9. The van der Waals surface area contributed by atoms with Crippen molar-refractivity contribution in [3.8, 4) is 11.5 Å². The smallest absolute Gasteiger partial charge is 0.156 e. The molecular weight excluding hydrogens is 372 g/mol. The molecule has 0 radical (unpaired) electrons. The van der Waals surface area contributed by atoms with Crippen LogP contribution in [0.3, 0.4) is 0 Å². The summed E-state index contributed by atoms with van der Waals surface area (Å²) in [4.78, 5) is 5.00. The highest BCUT2D eigenvalue weighted by Crippen LogP contribution is 2.37. The van der Waals surface area contributed by atoms with E-state index in [1.54, 1.807) is 12.1 Å².